The van der Waals surface area contributed by atoms with Gasteiger partial charge in [0.2, 0.25) is 5.78 Å². The van der Waals surface area contributed by atoms with Gasteiger partial charge in [-0.25, -0.2) is 4.98 Å². The SMILES string of the molecule is C=C/C=C(\C=C/C)n1c2ccc(-c3cccc4c3oc3ccccc34)cc2c2cc(-n3c4ccccc4n4c5ccccc5nc34)ccc21. The summed E-state index contributed by atoms with van der Waals surface area (Å²) in [6.07, 6.45) is 8.12. The fraction of sp³-hybridized carbons (Fsp3) is 0.0227. The number of benzene rings is 6. The Morgan fingerprint density at radius 1 is 0.673 bits per heavy atom. The van der Waals surface area contributed by atoms with Crippen molar-refractivity contribution in [3.8, 4) is 16.8 Å². The number of hydrogen-bond donors (Lipinski definition) is 0. The van der Waals surface area contributed by atoms with Crippen molar-refractivity contribution in [2.24, 2.45) is 0 Å². The molecule has 0 fully saturated rings. The van der Waals surface area contributed by atoms with E-state index < -0.39 is 0 Å². The predicted molar refractivity (Wildman–Crippen MR) is 205 cm³/mol. The Labute approximate surface area is 281 Å². The number of fused-ring (bicyclic) bond motifs is 11. The Morgan fingerprint density at radius 3 is 2.27 bits per heavy atom. The zero-order valence-corrected chi connectivity index (χ0v) is 26.8. The first kappa shape index (κ1) is 27.5. The number of allylic oxidation sites excluding steroid dienone is 5. The standard InChI is InChI=1S/C44H30N4O/c1-3-12-29(13-4-2)46-37-24-22-28(31-15-11-16-33-32-14-5-10-21-42(32)49-43(31)33)26-34(37)35-27-30(23-25-38(35)46)47-40-19-8-9-20-41(40)48-39-18-7-6-17-36(39)45-44(47)48/h3-27H,1H2,2H3/b13-4-,29-12+. The highest BCUT2D eigenvalue weighted by Crippen LogP contribution is 2.40. The Morgan fingerprint density at radius 2 is 1.41 bits per heavy atom. The highest BCUT2D eigenvalue weighted by Gasteiger charge is 2.20. The van der Waals surface area contributed by atoms with Crippen LogP contribution >= 0.6 is 0 Å². The molecule has 0 aliphatic rings. The highest BCUT2D eigenvalue weighted by atomic mass is 16.3. The molecule has 0 saturated heterocycles. The molecule has 4 aromatic heterocycles. The van der Waals surface area contributed by atoms with Crippen molar-refractivity contribution in [1.82, 2.24) is 18.5 Å². The molecule has 0 N–H and O–H groups in total. The summed E-state index contributed by atoms with van der Waals surface area (Å²) in [6.45, 7) is 6.08. The first-order chi connectivity index (χ1) is 24.2. The van der Waals surface area contributed by atoms with Gasteiger partial charge in [-0.1, -0.05) is 85.5 Å². The molecule has 0 saturated carbocycles. The van der Waals surface area contributed by atoms with Crippen LogP contribution < -0.4 is 0 Å². The molecular weight excluding hydrogens is 601 g/mol. The molecule has 6 aromatic carbocycles. The summed E-state index contributed by atoms with van der Waals surface area (Å²) in [7, 11) is 0. The topological polar surface area (TPSA) is 40.3 Å². The Kier molecular flexibility index (Phi) is 5.87. The van der Waals surface area contributed by atoms with Gasteiger partial charge in [0.05, 0.1) is 33.1 Å². The van der Waals surface area contributed by atoms with Gasteiger partial charge in [-0.3, -0.25) is 8.97 Å². The fourth-order valence-corrected chi connectivity index (χ4v) is 7.67. The number of hydrogen-bond acceptors (Lipinski definition) is 2. The Bertz CT molecular complexity index is 3030. The number of furan rings is 1. The van der Waals surface area contributed by atoms with Crippen molar-refractivity contribution >= 4 is 77.3 Å². The second-order valence-electron chi connectivity index (χ2n) is 12.4. The van der Waals surface area contributed by atoms with E-state index >= 15 is 0 Å². The van der Waals surface area contributed by atoms with Crippen molar-refractivity contribution in [2.45, 2.75) is 6.92 Å². The van der Waals surface area contributed by atoms with E-state index in [0.29, 0.717) is 0 Å². The van der Waals surface area contributed by atoms with E-state index in [-0.39, 0.29) is 0 Å². The molecule has 5 nitrogen and oxygen atoms in total. The quantitative estimate of drug-likeness (QED) is 0.178. The molecule has 0 unspecified atom stereocenters. The van der Waals surface area contributed by atoms with Crippen molar-refractivity contribution in [3.05, 3.63) is 158 Å². The van der Waals surface area contributed by atoms with Gasteiger partial charge in [-0.05, 0) is 85.3 Å². The lowest BCUT2D eigenvalue weighted by atomic mass is 10.00. The minimum atomic E-state index is 0.892. The van der Waals surface area contributed by atoms with Gasteiger partial charge < -0.3 is 8.98 Å². The summed E-state index contributed by atoms with van der Waals surface area (Å²) >= 11 is 0. The number of rotatable bonds is 5. The molecule has 10 aromatic rings. The summed E-state index contributed by atoms with van der Waals surface area (Å²) < 4.78 is 13.3. The van der Waals surface area contributed by atoms with Gasteiger partial charge in [-0.15, -0.1) is 0 Å². The van der Waals surface area contributed by atoms with Crippen LogP contribution in [0, 0.1) is 0 Å². The van der Waals surface area contributed by atoms with E-state index in [1.807, 2.05) is 31.2 Å². The largest absolute Gasteiger partial charge is 0.455 e. The first-order valence-electron chi connectivity index (χ1n) is 16.5. The summed E-state index contributed by atoms with van der Waals surface area (Å²) in [6, 6.07) is 45.1. The molecule has 0 aliphatic heterocycles. The molecule has 0 atom stereocenters. The van der Waals surface area contributed by atoms with Crippen LogP contribution in [0.1, 0.15) is 6.92 Å². The van der Waals surface area contributed by atoms with Crippen LogP contribution in [0.3, 0.4) is 0 Å². The predicted octanol–water partition coefficient (Wildman–Crippen LogP) is 11.7. The zero-order valence-electron chi connectivity index (χ0n) is 26.8. The van der Waals surface area contributed by atoms with Gasteiger partial charge in [0.1, 0.15) is 11.2 Å². The summed E-state index contributed by atoms with van der Waals surface area (Å²) in [4.78, 5) is 5.13. The van der Waals surface area contributed by atoms with Gasteiger partial charge in [0, 0.05) is 38.5 Å². The van der Waals surface area contributed by atoms with E-state index in [1.165, 1.54) is 0 Å². The third kappa shape index (κ3) is 3.90. The van der Waals surface area contributed by atoms with Crippen LogP contribution in [0.4, 0.5) is 0 Å². The van der Waals surface area contributed by atoms with Crippen molar-refractivity contribution in [2.75, 3.05) is 0 Å². The Hall–Kier alpha value is -6.59. The van der Waals surface area contributed by atoms with Crippen molar-refractivity contribution in [3.63, 3.8) is 0 Å². The molecule has 4 heterocycles. The first-order valence-corrected chi connectivity index (χ1v) is 16.5. The second-order valence-corrected chi connectivity index (χ2v) is 12.4. The monoisotopic (exact) mass is 630 g/mol. The summed E-state index contributed by atoms with van der Waals surface area (Å²) in [5, 5.41) is 4.56. The Balaban J connectivity index is 1.28. The molecule has 0 spiro atoms. The average molecular weight is 631 g/mol. The molecule has 0 radical (unpaired) electrons. The maximum Gasteiger partial charge on any atom is 0.220 e. The molecule has 0 bridgehead atoms. The summed E-state index contributed by atoms with van der Waals surface area (Å²) in [5.41, 5.74) is 12.6. The molecule has 0 aliphatic carbocycles. The van der Waals surface area contributed by atoms with Crippen molar-refractivity contribution < 1.29 is 4.42 Å². The fourth-order valence-electron chi connectivity index (χ4n) is 7.67. The van der Waals surface area contributed by atoms with E-state index in [0.717, 1.165) is 94.1 Å². The van der Waals surface area contributed by atoms with Crippen LogP contribution in [0.15, 0.2) is 163 Å². The number of aromatic nitrogens is 4. The number of imidazole rings is 2. The van der Waals surface area contributed by atoms with Gasteiger partial charge in [0.15, 0.2) is 0 Å². The third-order valence-corrected chi connectivity index (χ3v) is 9.71. The minimum Gasteiger partial charge on any atom is -0.455 e. The molecule has 49 heavy (non-hydrogen) atoms. The molecule has 10 rings (SSSR count). The zero-order chi connectivity index (χ0) is 32.6. The maximum atomic E-state index is 6.47. The van der Waals surface area contributed by atoms with Crippen LogP contribution in [0.2, 0.25) is 0 Å². The lowest BCUT2D eigenvalue weighted by Gasteiger charge is -2.10. The van der Waals surface area contributed by atoms with Crippen LogP contribution in [-0.4, -0.2) is 18.5 Å². The normalized spacial score (nSPS) is 12.7. The van der Waals surface area contributed by atoms with Crippen molar-refractivity contribution in [1.29, 1.82) is 0 Å². The maximum absolute atomic E-state index is 6.47. The second kappa shape index (κ2) is 10.5. The summed E-state index contributed by atoms with van der Waals surface area (Å²) in [5.74, 6) is 0.892. The number of para-hydroxylation sites is 6. The molecule has 232 valence electrons. The lowest BCUT2D eigenvalue weighted by molar-refractivity contribution is 0.670. The van der Waals surface area contributed by atoms with E-state index in [9.17, 15) is 0 Å². The van der Waals surface area contributed by atoms with Crippen LogP contribution in [0.5, 0.6) is 0 Å². The highest BCUT2D eigenvalue weighted by molar-refractivity contribution is 6.14. The van der Waals surface area contributed by atoms with Gasteiger partial charge >= 0.3 is 0 Å². The lowest BCUT2D eigenvalue weighted by Crippen LogP contribution is -1.97. The molecular formula is C44H30N4O. The van der Waals surface area contributed by atoms with Gasteiger partial charge in [-0.2, -0.15) is 0 Å². The average Bonchev–Trinajstić information content (AvgIpc) is 3.88. The van der Waals surface area contributed by atoms with Gasteiger partial charge in [0.25, 0.3) is 0 Å². The molecule has 5 heteroatoms. The third-order valence-electron chi connectivity index (χ3n) is 9.71. The minimum absolute atomic E-state index is 0.892. The molecule has 0 amide bonds. The smallest absolute Gasteiger partial charge is 0.220 e. The van der Waals surface area contributed by atoms with Crippen LogP contribution in [-0.2, 0) is 0 Å². The number of nitrogens with zero attached hydrogens (tertiary/aromatic N) is 4. The van der Waals surface area contributed by atoms with E-state index in [1.54, 1.807) is 0 Å². The van der Waals surface area contributed by atoms with Crippen LogP contribution in [0.25, 0.3) is 94.1 Å². The van der Waals surface area contributed by atoms with E-state index in [4.69, 9.17) is 9.40 Å². The van der Waals surface area contributed by atoms with E-state index in [2.05, 4.69) is 148 Å².